The number of hydrogen-bond acceptors (Lipinski definition) is 0. The van der Waals surface area contributed by atoms with Crippen LogP contribution in [0.25, 0.3) is 43.1 Å². The zero-order valence-electron chi connectivity index (χ0n) is 25.8. The molecule has 0 nitrogen and oxygen atoms in total. The molecule has 47 heavy (non-hydrogen) atoms. The van der Waals surface area contributed by atoms with E-state index in [9.17, 15) is 0 Å². The molecular weight excluding hydrogens is 707 g/mol. The van der Waals surface area contributed by atoms with E-state index in [4.69, 9.17) is 17.0 Å². The van der Waals surface area contributed by atoms with Crippen molar-refractivity contribution in [3.05, 3.63) is 200 Å². The Balaban J connectivity index is 0.000000121. The van der Waals surface area contributed by atoms with Gasteiger partial charge in [-0.25, -0.2) is 0 Å². The van der Waals surface area contributed by atoms with E-state index in [1.807, 2.05) is 0 Å². The topological polar surface area (TPSA) is 0 Å². The van der Waals surface area contributed by atoms with Gasteiger partial charge in [0.1, 0.15) is 9.52 Å². The van der Waals surface area contributed by atoms with Gasteiger partial charge in [-0.15, -0.1) is 99.0 Å². The van der Waals surface area contributed by atoms with Crippen LogP contribution in [0.2, 0.25) is 0 Å². The van der Waals surface area contributed by atoms with Gasteiger partial charge in [0.25, 0.3) is 0 Å². The normalized spacial score (nSPS) is 10.0. The van der Waals surface area contributed by atoms with Crippen molar-refractivity contribution < 1.29 is 20.8 Å². The van der Waals surface area contributed by atoms with Gasteiger partial charge in [-0.2, -0.15) is 35.0 Å². The molecule has 0 N–H and O–H groups in total. The second kappa shape index (κ2) is 19.0. The van der Waals surface area contributed by atoms with E-state index >= 15 is 0 Å². The van der Waals surface area contributed by atoms with Crippen molar-refractivity contribution in [2.24, 2.45) is 0 Å². The second-order valence-corrected chi connectivity index (χ2v) is 15.7. The summed E-state index contributed by atoms with van der Waals surface area (Å²) in [6.07, 6.45) is 0. The first-order chi connectivity index (χ1) is 23.2. The van der Waals surface area contributed by atoms with Crippen LogP contribution in [0.1, 0.15) is 0 Å². The zero-order chi connectivity index (χ0) is 32.5. The molecule has 230 valence electrons. The van der Waals surface area contributed by atoms with Crippen LogP contribution in [0.4, 0.5) is 0 Å². The number of halogens is 2. The van der Waals surface area contributed by atoms with Crippen molar-refractivity contribution in [2.75, 3.05) is 0 Å². The third-order valence-electron chi connectivity index (χ3n) is 7.45. The number of benzene rings is 6. The smallest absolute Gasteiger partial charge is 0.121 e. The van der Waals surface area contributed by atoms with Crippen molar-refractivity contribution in [1.29, 1.82) is 0 Å². The third kappa shape index (κ3) is 10.5. The molecule has 0 saturated heterocycles. The molecule has 9 rings (SSSR count). The number of fused-ring (bicyclic) bond motifs is 5. The summed E-state index contributed by atoms with van der Waals surface area (Å²) in [6.45, 7) is 0. The summed E-state index contributed by atoms with van der Waals surface area (Å²) in [4.78, 5) is 0. The Kier molecular flexibility index (Phi) is 13.9. The van der Waals surface area contributed by atoms with E-state index in [0.29, 0.717) is 0 Å². The minimum atomic E-state index is -0.826. The number of hydrogen-bond donors (Lipinski definition) is 0. The summed E-state index contributed by atoms with van der Waals surface area (Å²) in [7, 11) is 10.6. The Labute approximate surface area is 298 Å². The van der Waals surface area contributed by atoms with E-state index in [1.165, 1.54) is 53.5 Å². The van der Waals surface area contributed by atoms with Crippen LogP contribution in [-0.4, -0.2) is 9.52 Å². The summed E-state index contributed by atoms with van der Waals surface area (Å²) in [5.74, 6) is 0. The van der Waals surface area contributed by atoms with Crippen LogP contribution in [0, 0.1) is 0 Å². The monoisotopic (exact) mass is 737 g/mol. The molecule has 0 unspecified atom stereocenters. The van der Waals surface area contributed by atoms with Gasteiger partial charge in [0.2, 0.25) is 0 Å². The fourth-order valence-corrected chi connectivity index (χ4v) is 6.30. The van der Waals surface area contributed by atoms with Crippen LogP contribution in [0.5, 0.6) is 0 Å². The molecule has 0 atom stereocenters. The Morgan fingerprint density at radius 2 is 0.723 bits per heavy atom. The van der Waals surface area contributed by atoms with Gasteiger partial charge in [0.15, 0.2) is 0 Å². The first-order valence-corrected chi connectivity index (χ1v) is 22.7. The summed E-state index contributed by atoms with van der Waals surface area (Å²) in [6, 6.07) is 69.8. The average Bonchev–Trinajstić information content (AvgIpc) is 3.89. The molecule has 0 aromatic heterocycles. The van der Waals surface area contributed by atoms with Crippen molar-refractivity contribution >= 4 is 80.0 Å². The molecule has 0 saturated carbocycles. The second-order valence-electron chi connectivity index (χ2n) is 10.6. The van der Waals surface area contributed by atoms with Gasteiger partial charge in [-0.05, 0) is 0 Å². The van der Waals surface area contributed by atoms with Crippen molar-refractivity contribution in [2.45, 2.75) is 0 Å². The molecule has 0 heterocycles. The maximum absolute atomic E-state index is 4.93. The summed E-state index contributed by atoms with van der Waals surface area (Å²) in [5.41, 5.74) is 0. The van der Waals surface area contributed by atoms with Gasteiger partial charge in [-0.3, -0.25) is 0 Å². The van der Waals surface area contributed by atoms with E-state index < -0.39 is 20.8 Å². The van der Waals surface area contributed by atoms with Crippen LogP contribution in [-0.2, 0) is 20.8 Å². The fraction of sp³-hybridized carbons (Fsp3) is 0. The quantitative estimate of drug-likeness (QED) is 0.122. The Morgan fingerprint density at radius 3 is 1.13 bits per heavy atom. The van der Waals surface area contributed by atoms with E-state index in [2.05, 4.69) is 200 Å². The molecule has 9 aromatic carbocycles. The van der Waals surface area contributed by atoms with Crippen molar-refractivity contribution in [1.82, 2.24) is 0 Å². The van der Waals surface area contributed by atoms with Crippen LogP contribution >= 0.6 is 17.0 Å². The minimum absolute atomic E-state index is 0.777. The van der Waals surface area contributed by atoms with Crippen molar-refractivity contribution in [3.8, 4) is 0 Å². The first kappa shape index (κ1) is 34.4. The predicted molar refractivity (Wildman–Crippen MR) is 206 cm³/mol. The minimum Gasteiger partial charge on any atom is -0.168 e. The van der Waals surface area contributed by atoms with E-state index in [1.54, 1.807) is 0 Å². The fourth-order valence-electron chi connectivity index (χ4n) is 5.25. The summed E-state index contributed by atoms with van der Waals surface area (Å²) in [5, 5.41) is 13.5. The molecule has 0 amide bonds. The molecule has 9 aromatic rings. The van der Waals surface area contributed by atoms with Crippen molar-refractivity contribution in [3.63, 3.8) is 0 Å². The summed E-state index contributed by atoms with van der Waals surface area (Å²) < 4.78 is 0. The molecule has 0 aliphatic rings. The Bertz CT molecular complexity index is 1960. The average molecular weight is 740 g/mol. The molecule has 2 radical (unpaired) electrons. The molecule has 0 bridgehead atoms. The van der Waals surface area contributed by atoms with Gasteiger partial charge >= 0.3 is 37.9 Å². The molecule has 0 aliphatic carbocycles. The molecule has 0 spiro atoms. The molecule has 0 fully saturated rings. The molecule has 0 aliphatic heterocycles. The van der Waals surface area contributed by atoms with Crippen LogP contribution in [0.3, 0.4) is 0 Å². The molecular formula is C43H33Cl2SiZr-3. The predicted octanol–water partition coefficient (Wildman–Crippen LogP) is 11.5. The summed E-state index contributed by atoms with van der Waals surface area (Å²) >= 11 is -0.826. The van der Waals surface area contributed by atoms with Gasteiger partial charge in [0, 0.05) is 0 Å². The third-order valence-corrected chi connectivity index (χ3v) is 8.70. The first-order valence-electron chi connectivity index (χ1n) is 15.3. The zero-order valence-corrected chi connectivity index (χ0v) is 30.8. The number of rotatable bonds is 2. The van der Waals surface area contributed by atoms with E-state index in [-0.39, 0.29) is 0 Å². The largest absolute Gasteiger partial charge is 0.168 e. The SMILES string of the molecule is [Cl][Zr][Cl].c1ccc([Si]c2ccccc2)cc1.c1ccc2[cH-]ccc2c1.c1ccc2[cH-]ccc2c1.c1ccc2c(c1)[cH-]c1ccccc12. The maximum atomic E-state index is 4.93. The maximum Gasteiger partial charge on any atom is 0.121 e. The van der Waals surface area contributed by atoms with Crippen LogP contribution in [0.15, 0.2) is 200 Å². The van der Waals surface area contributed by atoms with Gasteiger partial charge in [0.05, 0.1) is 0 Å². The molecule has 4 heteroatoms. The van der Waals surface area contributed by atoms with Gasteiger partial charge in [-0.1, -0.05) is 120 Å². The standard InChI is InChI=1S/C13H9.C12H10Si.2C9H7.2ClH.Zr/c1-3-7-12-10(5-1)9-11-6-2-4-8-13(11)12;1-3-7-11(8-4-1)13-12-9-5-2-6-10-12;2*1-2-5-9-7-3-6-8(9)4-1;;;/h1-9H;1-10H;2*1-7H;2*1H;/q-1;;2*-1;;;+2/p-2. The van der Waals surface area contributed by atoms with Crippen LogP contribution < -0.4 is 10.4 Å². The Morgan fingerprint density at radius 1 is 0.383 bits per heavy atom. The van der Waals surface area contributed by atoms with Gasteiger partial charge < -0.3 is 0 Å². The van der Waals surface area contributed by atoms with E-state index in [0.717, 1.165) is 9.52 Å². The Hall–Kier alpha value is -3.91.